The second-order valence-corrected chi connectivity index (χ2v) is 6.35. The Morgan fingerprint density at radius 1 is 1.11 bits per heavy atom. The van der Waals surface area contributed by atoms with E-state index in [0.29, 0.717) is 21.8 Å². The molecule has 10 heteroatoms. The molecule has 1 heterocycles. The summed E-state index contributed by atoms with van der Waals surface area (Å²) in [5.74, 6) is -0.713. The van der Waals surface area contributed by atoms with Crippen LogP contribution in [0.15, 0.2) is 47.8 Å². The second-order valence-electron chi connectivity index (χ2n) is 5.50. The van der Waals surface area contributed by atoms with E-state index < -0.39 is 21.3 Å². The minimum atomic E-state index is -0.776. The molecule has 0 fully saturated rings. The van der Waals surface area contributed by atoms with Gasteiger partial charge in [-0.1, -0.05) is 12.1 Å². The van der Waals surface area contributed by atoms with Gasteiger partial charge in [-0.05, 0) is 29.5 Å². The van der Waals surface area contributed by atoms with Crippen molar-refractivity contribution in [3.05, 3.63) is 78.6 Å². The molecule has 0 amide bonds. The number of rotatable bonds is 5. The topological polar surface area (TPSA) is 146 Å². The van der Waals surface area contributed by atoms with Crippen molar-refractivity contribution < 1.29 is 15.0 Å². The molecule has 0 atom stereocenters. The molecule has 9 nitrogen and oxygen atoms in total. The first kappa shape index (κ1) is 18.7. The van der Waals surface area contributed by atoms with Crippen molar-refractivity contribution in [1.82, 2.24) is 4.98 Å². The highest BCUT2D eigenvalue weighted by molar-refractivity contribution is 7.11. The Morgan fingerprint density at radius 3 is 2.43 bits per heavy atom. The van der Waals surface area contributed by atoms with E-state index in [2.05, 4.69) is 4.98 Å². The number of aromatic nitrogens is 1. The summed E-state index contributed by atoms with van der Waals surface area (Å²) in [6.45, 7) is 0. The van der Waals surface area contributed by atoms with Crippen LogP contribution in [0.3, 0.4) is 0 Å². The zero-order valence-corrected chi connectivity index (χ0v) is 14.8. The fraction of sp³-hybridized carbons (Fsp3) is 0. The van der Waals surface area contributed by atoms with Gasteiger partial charge in [0.05, 0.1) is 21.1 Å². The van der Waals surface area contributed by atoms with Crippen molar-refractivity contribution in [2.45, 2.75) is 0 Å². The predicted octanol–water partition coefficient (Wildman–Crippen LogP) is 3.76. The number of allylic oxidation sites excluding steroid dienone is 1. The van der Waals surface area contributed by atoms with Crippen LogP contribution in [0.1, 0.15) is 10.6 Å². The molecule has 2 aromatic carbocycles. The van der Waals surface area contributed by atoms with Crippen molar-refractivity contribution in [2.24, 2.45) is 0 Å². The third kappa shape index (κ3) is 3.84. The molecule has 0 spiro atoms. The fourth-order valence-corrected chi connectivity index (χ4v) is 3.15. The van der Waals surface area contributed by atoms with Crippen LogP contribution in [0.2, 0.25) is 0 Å². The normalized spacial score (nSPS) is 11.0. The fourth-order valence-electron chi connectivity index (χ4n) is 2.36. The summed E-state index contributed by atoms with van der Waals surface area (Å²) in [5.41, 5.74) is 1.08. The Morgan fingerprint density at radius 2 is 1.82 bits per heavy atom. The van der Waals surface area contributed by atoms with Crippen LogP contribution >= 0.6 is 11.3 Å². The highest BCUT2D eigenvalue weighted by Gasteiger charge is 2.12. The quantitative estimate of drug-likeness (QED) is 0.364. The summed E-state index contributed by atoms with van der Waals surface area (Å²) < 4.78 is 0. The van der Waals surface area contributed by atoms with Gasteiger partial charge < -0.3 is 5.11 Å². The molecule has 3 aromatic rings. The lowest BCUT2D eigenvalue weighted by Crippen LogP contribution is -1.97. The SMILES string of the molecule is N#CC(=Cc1ccc([O-])c([N+](=O)[O-])c1)c1nc(-c2ccc([N+](=O)[O-])cc2)cs1. The maximum Gasteiger partial charge on any atom is 0.269 e. The van der Waals surface area contributed by atoms with Gasteiger partial charge in [-0.3, -0.25) is 20.2 Å². The van der Waals surface area contributed by atoms with E-state index in [-0.39, 0.29) is 11.3 Å². The predicted molar refractivity (Wildman–Crippen MR) is 100 cm³/mol. The van der Waals surface area contributed by atoms with Gasteiger partial charge in [-0.25, -0.2) is 4.98 Å². The average molecular weight is 393 g/mol. The van der Waals surface area contributed by atoms with Gasteiger partial charge in [0.15, 0.2) is 0 Å². The average Bonchev–Trinajstić information content (AvgIpc) is 3.17. The molecule has 0 saturated carbocycles. The third-order valence-electron chi connectivity index (χ3n) is 3.72. The largest absolute Gasteiger partial charge is 0.868 e. The summed E-state index contributed by atoms with van der Waals surface area (Å²) in [6, 6.07) is 11.4. The summed E-state index contributed by atoms with van der Waals surface area (Å²) in [6.07, 6.45) is 1.41. The minimum absolute atomic E-state index is 0.0415. The molecule has 1 aromatic heterocycles. The van der Waals surface area contributed by atoms with Crippen LogP contribution in [-0.2, 0) is 0 Å². The number of non-ortho nitro benzene ring substituents is 1. The van der Waals surface area contributed by atoms with Crippen molar-refractivity contribution >= 4 is 34.4 Å². The Balaban J connectivity index is 1.93. The molecule has 0 bridgehead atoms. The van der Waals surface area contributed by atoms with E-state index in [1.165, 1.54) is 35.6 Å². The molecule has 0 saturated heterocycles. The molecule has 138 valence electrons. The monoisotopic (exact) mass is 393 g/mol. The maximum atomic E-state index is 11.5. The lowest BCUT2D eigenvalue weighted by atomic mass is 10.1. The second kappa shape index (κ2) is 7.65. The number of benzene rings is 2. The molecular formula is C18H9N4O5S-. The van der Waals surface area contributed by atoms with Crippen LogP contribution in [0, 0.1) is 31.6 Å². The molecular weight excluding hydrogens is 384 g/mol. The number of thiazole rings is 1. The van der Waals surface area contributed by atoms with Crippen LogP contribution in [0.4, 0.5) is 11.4 Å². The van der Waals surface area contributed by atoms with E-state index in [9.17, 15) is 30.6 Å². The van der Waals surface area contributed by atoms with Gasteiger partial charge >= 0.3 is 0 Å². The van der Waals surface area contributed by atoms with Crippen LogP contribution < -0.4 is 5.11 Å². The van der Waals surface area contributed by atoms with Gasteiger partial charge in [-0.15, -0.1) is 11.3 Å². The lowest BCUT2D eigenvalue weighted by Gasteiger charge is -2.06. The molecule has 0 aliphatic carbocycles. The highest BCUT2D eigenvalue weighted by atomic mass is 32.1. The molecule has 0 aliphatic heterocycles. The first-order valence-electron chi connectivity index (χ1n) is 7.67. The zero-order valence-electron chi connectivity index (χ0n) is 13.9. The number of hydrogen-bond acceptors (Lipinski definition) is 8. The molecule has 3 rings (SSSR count). The lowest BCUT2D eigenvalue weighted by molar-refractivity contribution is -0.398. The van der Waals surface area contributed by atoms with Crippen molar-refractivity contribution in [3.8, 4) is 23.1 Å². The first-order chi connectivity index (χ1) is 13.4. The molecule has 0 N–H and O–H groups in total. The van der Waals surface area contributed by atoms with Crippen molar-refractivity contribution in [3.63, 3.8) is 0 Å². The Hall–Kier alpha value is -4.10. The Labute approximate surface area is 161 Å². The Kier molecular flexibility index (Phi) is 5.10. The first-order valence-corrected chi connectivity index (χ1v) is 8.55. The summed E-state index contributed by atoms with van der Waals surface area (Å²) in [5, 5.41) is 44.6. The highest BCUT2D eigenvalue weighted by Crippen LogP contribution is 2.30. The number of nitriles is 1. The van der Waals surface area contributed by atoms with E-state index >= 15 is 0 Å². The van der Waals surface area contributed by atoms with E-state index in [4.69, 9.17) is 0 Å². The van der Waals surface area contributed by atoms with Gasteiger partial charge in [0, 0.05) is 29.1 Å². The van der Waals surface area contributed by atoms with Gasteiger partial charge in [-0.2, -0.15) is 5.26 Å². The van der Waals surface area contributed by atoms with E-state index in [1.54, 1.807) is 17.5 Å². The molecule has 0 radical (unpaired) electrons. The van der Waals surface area contributed by atoms with Crippen molar-refractivity contribution in [2.75, 3.05) is 0 Å². The van der Waals surface area contributed by atoms with Gasteiger partial charge in [0.1, 0.15) is 11.1 Å². The Bertz CT molecular complexity index is 1150. The van der Waals surface area contributed by atoms with Crippen molar-refractivity contribution in [1.29, 1.82) is 5.26 Å². The number of nitro groups is 2. The summed E-state index contributed by atoms with van der Waals surface area (Å²) >= 11 is 1.19. The maximum absolute atomic E-state index is 11.5. The van der Waals surface area contributed by atoms with Crippen LogP contribution in [0.5, 0.6) is 5.75 Å². The molecule has 0 unspecified atom stereocenters. The van der Waals surface area contributed by atoms with Crippen LogP contribution in [0.25, 0.3) is 22.9 Å². The zero-order chi connectivity index (χ0) is 20.3. The van der Waals surface area contributed by atoms with Crippen LogP contribution in [-0.4, -0.2) is 14.8 Å². The third-order valence-corrected chi connectivity index (χ3v) is 4.60. The van der Waals surface area contributed by atoms with Gasteiger partial charge in [0.25, 0.3) is 11.4 Å². The molecule has 0 aliphatic rings. The van der Waals surface area contributed by atoms with E-state index in [1.807, 2.05) is 6.07 Å². The minimum Gasteiger partial charge on any atom is -0.868 e. The summed E-state index contributed by atoms with van der Waals surface area (Å²) in [4.78, 5) is 24.7. The smallest absolute Gasteiger partial charge is 0.269 e. The summed E-state index contributed by atoms with van der Waals surface area (Å²) in [7, 11) is 0. The standard InChI is InChI=1S/C18H10N4O5S/c19-9-13(7-11-1-6-17(23)16(8-11)22(26)27)18-20-15(10-28-18)12-2-4-14(5-3-12)21(24)25/h1-8,10,23H/p-1. The van der Waals surface area contributed by atoms with Gasteiger partial charge in [0.2, 0.25) is 0 Å². The number of nitrogens with zero attached hydrogens (tertiary/aromatic N) is 4. The molecule has 28 heavy (non-hydrogen) atoms. The van der Waals surface area contributed by atoms with E-state index in [0.717, 1.165) is 12.1 Å². The number of hydrogen-bond donors (Lipinski definition) is 0. The number of nitro benzene ring substituents is 2.